The van der Waals surface area contributed by atoms with Crippen LogP contribution in [-0.2, 0) is 17.8 Å². The summed E-state index contributed by atoms with van der Waals surface area (Å²) in [4.78, 5) is 16.8. The van der Waals surface area contributed by atoms with Crippen LogP contribution >= 0.6 is 24.8 Å². The zero-order valence-electron chi connectivity index (χ0n) is 16.5. The highest BCUT2D eigenvalue weighted by molar-refractivity contribution is 5.85. The quantitative estimate of drug-likeness (QED) is 0.641. The molecule has 1 aliphatic rings. The summed E-state index contributed by atoms with van der Waals surface area (Å²) in [5.41, 5.74) is 8.51. The van der Waals surface area contributed by atoms with Gasteiger partial charge in [-0.1, -0.05) is 50.1 Å². The molecule has 2 aromatic rings. The van der Waals surface area contributed by atoms with Gasteiger partial charge in [-0.15, -0.1) is 24.8 Å². The van der Waals surface area contributed by atoms with E-state index >= 15 is 0 Å². The Bertz CT molecular complexity index is 716. The fourth-order valence-electron chi connectivity index (χ4n) is 3.84. The largest absolute Gasteiger partial charge is 0.354 e. The molecule has 1 atom stereocenters. The van der Waals surface area contributed by atoms with Crippen molar-refractivity contribution in [3.63, 3.8) is 0 Å². The first-order valence-electron chi connectivity index (χ1n) is 9.68. The summed E-state index contributed by atoms with van der Waals surface area (Å²) in [6.07, 6.45) is 10.3. The zero-order valence-corrected chi connectivity index (χ0v) is 18.1. The molecule has 5 nitrogen and oxygen atoms in total. The number of nitrogens with two attached hydrogens (primary N) is 1. The van der Waals surface area contributed by atoms with E-state index < -0.39 is 6.04 Å². The van der Waals surface area contributed by atoms with Gasteiger partial charge in [0.1, 0.15) is 0 Å². The molecular formula is C21H32Cl2N4O. The van der Waals surface area contributed by atoms with Gasteiger partial charge in [-0.3, -0.25) is 4.79 Å². The Morgan fingerprint density at radius 1 is 1.29 bits per heavy atom. The van der Waals surface area contributed by atoms with Crippen LogP contribution in [0.15, 0.2) is 42.9 Å². The molecular weight excluding hydrogens is 395 g/mol. The smallest absolute Gasteiger partial charge is 0.237 e. The normalized spacial score (nSPS) is 15.5. The first-order chi connectivity index (χ1) is 12.6. The average molecular weight is 427 g/mol. The topological polar surface area (TPSA) is 72.9 Å². The lowest BCUT2D eigenvalue weighted by Crippen LogP contribution is -2.48. The van der Waals surface area contributed by atoms with E-state index in [-0.39, 0.29) is 30.7 Å². The third kappa shape index (κ3) is 6.50. The monoisotopic (exact) mass is 426 g/mol. The van der Waals surface area contributed by atoms with Gasteiger partial charge in [0, 0.05) is 25.7 Å². The summed E-state index contributed by atoms with van der Waals surface area (Å²) in [5, 5.41) is 3.08. The van der Waals surface area contributed by atoms with Crippen LogP contribution in [0.25, 0.3) is 0 Å². The molecule has 0 spiro atoms. The Hall–Kier alpha value is -1.56. The number of hydrogen-bond donors (Lipinski definition) is 2. The summed E-state index contributed by atoms with van der Waals surface area (Å²) >= 11 is 0. The maximum Gasteiger partial charge on any atom is 0.237 e. The van der Waals surface area contributed by atoms with Gasteiger partial charge in [-0.2, -0.15) is 0 Å². The summed E-state index contributed by atoms with van der Waals surface area (Å²) in [5.74, 6) is -0.0648. The summed E-state index contributed by atoms with van der Waals surface area (Å²) in [7, 11) is 0. The maximum atomic E-state index is 12.4. The lowest BCUT2D eigenvalue weighted by molar-refractivity contribution is -0.123. The molecule has 3 rings (SSSR count). The minimum absolute atomic E-state index is 0. The molecule has 0 bridgehead atoms. The molecule has 0 radical (unpaired) electrons. The summed E-state index contributed by atoms with van der Waals surface area (Å²) in [6, 6.07) is 9.70. The van der Waals surface area contributed by atoms with Crippen LogP contribution in [0.4, 0.5) is 0 Å². The lowest BCUT2D eigenvalue weighted by atomic mass is 9.66. The molecule has 1 heterocycles. The van der Waals surface area contributed by atoms with Gasteiger partial charge in [0.2, 0.25) is 5.91 Å². The predicted molar refractivity (Wildman–Crippen MR) is 118 cm³/mol. The average Bonchev–Trinajstić information content (AvgIpc) is 3.04. The molecule has 28 heavy (non-hydrogen) atoms. The van der Waals surface area contributed by atoms with Crippen LogP contribution in [0.3, 0.4) is 0 Å². The molecule has 156 valence electrons. The zero-order chi connectivity index (χ0) is 18.4. The highest BCUT2D eigenvalue weighted by atomic mass is 35.5. The van der Waals surface area contributed by atoms with Gasteiger partial charge in [0.25, 0.3) is 0 Å². The van der Waals surface area contributed by atoms with Gasteiger partial charge in [-0.05, 0) is 30.2 Å². The fraction of sp³-hybridized carbons (Fsp3) is 0.524. The van der Waals surface area contributed by atoms with Crippen molar-refractivity contribution in [3.05, 3.63) is 54.1 Å². The number of aromatic nitrogens is 2. The number of hydrogen-bond acceptors (Lipinski definition) is 3. The van der Waals surface area contributed by atoms with E-state index in [4.69, 9.17) is 5.73 Å². The van der Waals surface area contributed by atoms with Crippen LogP contribution < -0.4 is 11.1 Å². The Kier molecular flexibility index (Phi) is 10.0. The molecule has 1 amide bonds. The van der Waals surface area contributed by atoms with Gasteiger partial charge >= 0.3 is 0 Å². The maximum absolute atomic E-state index is 12.4. The van der Waals surface area contributed by atoms with Crippen molar-refractivity contribution in [2.24, 2.45) is 11.1 Å². The predicted octanol–water partition coefficient (Wildman–Crippen LogP) is 3.73. The highest BCUT2D eigenvalue weighted by Gasteiger charge is 2.36. The molecule has 0 saturated heterocycles. The van der Waals surface area contributed by atoms with Crippen molar-refractivity contribution in [1.82, 2.24) is 14.9 Å². The Balaban J connectivity index is 0.00000196. The fourth-order valence-corrected chi connectivity index (χ4v) is 3.84. The minimum Gasteiger partial charge on any atom is -0.354 e. The molecule has 1 fully saturated rings. The molecule has 1 aromatic carbocycles. The van der Waals surface area contributed by atoms with Crippen molar-refractivity contribution < 1.29 is 4.79 Å². The number of carbonyl (C=O) groups excluding carboxylic acids is 1. The van der Waals surface area contributed by atoms with Crippen molar-refractivity contribution in [1.29, 1.82) is 0 Å². The SMILES string of the molecule is CCCC1(CNC(=O)[C@@H](N)Cc2cn(Cc3ccccc3)cn2)CCC1.Cl.Cl. The first-order valence-corrected chi connectivity index (χ1v) is 9.68. The highest BCUT2D eigenvalue weighted by Crippen LogP contribution is 2.44. The second-order valence-electron chi connectivity index (χ2n) is 7.65. The van der Waals surface area contributed by atoms with Crippen LogP contribution in [0.1, 0.15) is 50.3 Å². The molecule has 1 aliphatic carbocycles. The third-order valence-corrected chi connectivity index (χ3v) is 5.49. The molecule has 7 heteroatoms. The molecule has 1 saturated carbocycles. The van der Waals surface area contributed by atoms with Crippen molar-refractivity contribution in [3.8, 4) is 0 Å². The second-order valence-corrected chi connectivity index (χ2v) is 7.65. The number of imidazole rings is 1. The van der Waals surface area contributed by atoms with Crippen LogP contribution in [0, 0.1) is 5.41 Å². The number of carbonyl (C=O) groups is 1. The van der Waals surface area contributed by atoms with Crippen LogP contribution in [-0.4, -0.2) is 28.0 Å². The van der Waals surface area contributed by atoms with Crippen LogP contribution in [0.5, 0.6) is 0 Å². The number of halogens is 2. The second kappa shape index (κ2) is 11.4. The Labute approximate surface area is 180 Å². The van der Waals surface area contributed by atoms with E-state index in [1.165, 1.54) is 37.7 Å². The lowest BCUT2D eigenvalue weighted by Gasteiger charge is -2.42. The van der Waals surface area contributed by atoms with Gasteiger partial charge < -0.3 is 15.6 Å². The van der Waals surface area contributed by atoms with Crippen LogP contribution in [0.2, 0.25) is 0 Å². The van der Waals surface area contributed by atoms with E-state index in [1.807, 2.05) is 29.0 Å². The van der Waals surface area contributed by atoms with E-state index in [2.05, 4.69) is 29.4 Å². The third-order valence-electron chi connectivity index (χ3n) is 5.49. The number of nitrogens with one attached hydrogen (secondary N) is 1. The molecule has 1 aromatic heterocycles. The summed E-state index contributed by atoms with van der Waals surface area (Å²) in [6.45, 7) is 3.74. The van der Waals surface area contributed by atoms with Gasteiger partial charge in [0.05, 0.1) is 18.1 Å². The van der Waals surface area contributed by atoms with E-state index in [1.54, 1.807) is 6.33 Å². The number of benzene rings is 1. The van der Waals surface area contributed by atoms with Crippen molar-refractivity contribution in [2.75, 3.05) is 6.54 Å². The van der Waals surface area contributed by atoms with Gasteiger partial charge in [0.15, 0.2) is 0 Å². The number of amides is 1. The standard InChI is InChI=1S/C21H30N4O.2ClH/c1-2-9-21(10-6-11-21)15-23-20(26)19(22)12-18-14-25(16-24-18)13-17-7-4-3-5-8-17;;/h3-5,7-8,14,16,19H,2,6,9-13,15,22H2,1H3,(H,23,26);2*1H/t19-;;/m0../s1. The first kappa shape index (κ1) is 24.5. The van der Waals surface area contributed by atoms with Gasteiger partial charge in [-0.25, -0.2) is 4.98 Å². The Morgan fingerprint density at radius 2 is 2.00 bits per heavy atom. The number of nitrogens with zero attached hydrogens (tertiary/aromatic N) is 2. The molecule has 0 aliphatic heterocycles. The van der Waals surface area contributed by atoms with Crippen molar-refractivity contribution in [2.45, 2.75) is 58.0 Å². The minimum atomic E-state index is -0.547. The van der Waals surface area contributed by atoms with E-state index in [0.717, 1.165) is 18.8 Å². The van der Waals surface area contributed by atoms with Crippen molar-refractivity contribution >= 4 is 30.7 Å². The summed E-state index contributed by atoms with van der Waals surface area (Å²) < 4.78 is 2.03. The van der Waals surface area contributed by atoms with E-state index in [0.29, 0.717) is 11.8 Å². The molecule has 0 unspecified atom stereocenters. The number of rotatable bonds is 9. The molecule has 3 N–H and O–H groups in total. The Morgan fingerprint density at radius 3 is 2.61 bits per heavy atom. The van der Waals surface area contributed by atoms with E-state index in [9.17, 15) is 4.79 Å².